The van der Waals surface area contributed by atoms with Crippen LogP contribution in [0.5, 0.6) is 11.5 Å². The van der Waals surface area contributed by atoms with Crippen molar-refractivity contribution in [3.63, 3.8) is 0 Å². The van der Waals surface area contributed by atoms with Gasteiger partial charge in [0.1, 0.15) is 5.69 Å². The number of nitrogens with zero attached hydrogens (tertiary/aromatic N) is 3. The van der Waals surface area contributed by atoms with E-state index in [0.29, 0.717) is 23.6 Å². The van der Waals surface area contributed by atoms with Crippen LogP contribution in [0.1, 0.15) is 21.1 Å². The molecule has 3 aromatic rings. The van der Waals surface area contributed by atoms with E-state index in [-0.39, 0.29) is 6.79 Å². The van der Waals surface area contributed by atoms with E-state index in [1.165, 1.54) is 0 Å². The van der Waals surface area contributed by atoms with E-state index >= 15 is 0 Å². The second-order valence-corrected chi connectivity index (χ2v) is 5.78. The molecule has 0 unspecified atom stereocenters. The second kappa shape index (κ2) is 5.27. The van der Waals surface area contributed by atoms with Gasteiger partial charge in [-0.25, -0.2) is 4.68 Å². The topological polar surface area (TPSA) is 66.2 Å². The Balaban J connectivity index is 1.78. The molecule has 0 bridgehead atoms. The first-order valence-electron chi connectivity index (χ1n) is 6.67. The summed E-state index contributed by atoms with van der Waals surface area (Å²) in [6, 6.07) is 9.54. The Morgan fingerprint density at radius 1 is 1.27 bits per heavy atom. The molecule has 0 aliphatic carbocycles. The summed E-state index contributed by atoms with van der Waals surface area (Å²) in [5.74, 6) is 1.38. The Morgan fingerprint density at radius 2 is 2.18 bits per heavy atom. The minimum Gasteiger partial charge on any atom is -0.454 e. The van der Waals surface area contributed by atoms with Crippen molar-refractivity contribution in [2.24, 2.45) is 0 Å². The summed E-state index contributed by atoms with van der Waals surface area (Å²) in [6.07, 6.45) is 1.34. The number of fused-ring (bicyclic) bond motifs is 1. The largest absolute Gasteiger partial charge is 0.454 e. The molecule has 22 heavy (non-hydrogen) atoms. The molecule has 0 saturated heterocycles. The first-order valence-corrected chi connectivity index (χ1v) is 7.55. The molecule has 2 aromatic heterocycles. The molecule has 0 spiro atoms. The average molecular weight is 313 g/mol. The number of ether oxygens (including phenoxy) is 2. The molecule has 0 atom stereocenters. The average Bonchev–Trinajstić information content (AvgIpc) is 3.27. The highest BCUT2D eigenvalue weighted by Gasteiger charge is 2.18. The SMILES string of the molecule is O=Cc1nnn(-c2ccc3c(c2)OCO3)c1Cc1cccs1. The maximum absolute atomic E-state index is 11.2. The van der Waals surface area contributed by atoms with Crippen LogP contribution < -0.4 is 9.47 Å². The van der Waals surface area contributed by atoms with Gasteiger partial charge >= 0.3 is 0 Å². The molecule has 0 radical (unpaired) electrons. The molecule has 3 heterocycles. The van der Waals surface area contributed by atoms with Gasteiger partial charge in [-0.1, -0.05) is 11.3 Å². The first kappa shape index (κ1) is 13.0. The highest BCUT2D eigenvalue weighted by atomic mass is 32.1. The Morgan fingerprint density at radius 3 is 3.00 bits per heavy atom. The van der Waals surface area contributed by atoms with E-state index in [0.717, 1.165) is 22.5 Å². The lowest BCUT2D eigenvalue weighted by Crippen LogP contribution is -2.04. The first-order chi connectivity index (χ1) is 10.8. The predicted octanol–water partition coefficient (Wildman–Crippen LogP) is 2.46. The number of rotatable bonds is 4. The predicted molar refractivity (Wildman–Crippen MR) is 80.0 cm³/mol. The fourth-order valence-electron chi connectivity index (χ4n) is 2.37. The van der Waals surface area contributed by atoms with Crippen LogP contribution in [-0.4, -0.2) is 28.1 Å². The van der Waals surface area contributed by atoms with E-state index in [1.807, 2.05) is 35.7 Å². The van der Waals surface area contributed by atoms with Crippen LogP contribution in [0.25, 0.3) is 5.69 Å². The smallest absolute Gasteiger partial charge is 0.231 e. The van der Waals surface area contributed by atoms with E-state index in [4.69, 9.17) is 9.47 Å². The lowest BCUT2D eigenvalue weighted by molar-refractivity contribution is 0.111. The van der Waals surface area contributed by atoms with Crippen molar-refractivity contribution in [3.05, 3.63) is 52.0 Å². The molecule has 7 heteroatoms. The summed E-state index contributed by atoms with van der Waals surface area (Å²) < 4.78 is 12.4. The minimum absolute atomic E-state index is 0.220. The van der Waals surface area contributed by atoms with Crippen molar-refractivity contribution in [2.75, 3.05) is 6.79 Å². The molecular formula is C15H11N3O3S. The maximum Gasteiger partial charge on any atom is 0.231 e. The molecule has 4 rings (SSSR count). The van der Waals surface area contributed by atoms with Crippen LogP contribution in [0.2, 0.25) is 0 Å². The van der Waals surface area contributed by atoms with Gasteiger partial charge in [-0.2, -0.15) is 0 Å². The van der Waals surface area contributed by atoms with Crippen molar-refractivity contribution < 1.29 is 14.3 Å². The third-order valence-electron chi connectivity index (χ3n) is 3.43. The molecule has 0 N–H and O–H groups in total. The zero-order valence-electron chi connectivity index (χ0n) is 11.4. The Kier molecular flexibility index (Phi) is 3.12. The highest BCUT2D eigenvalue weighted by molar-refractivity contribution is 7.09. The summed E-state index contributed by atoms with van der Waals surface area (Å²) in [7, 11) is 0. The Hall–Kier alpha value is -2.67. The van der Waals surface area contributed by atoms with Crippen molar-refractivity contribution in [3.8, 4) is 17.2 Å². The number of benzene rings is 1. The molecule has 1 aromatic carbocycles. The van der Waals surface area contributed by atoms with E-state index in [2.05, 4.69) is 10.3 Å². The van der Waals surface area contributed by atoms with Gasteiger partial charge in [0.25, 0.3) is 0 Å². The molecule has 0 amide bonds. The number of carbonyl (C=O) groups excluding carboxylic acids is 1. The van der Waals surface area contributed by atoms with E-state index < -0.39 is 0 Å². The summed E-state index contributed by atoms with van der Waals surface area (Å²) in [4.78, 5) is 12.4. The van der Waals surface area contributed by atoms with Crippen molar-refractivity contribution in [1.82, 2.24) is 15.0 Å². The fourth-order valence-corrected chi connectivity index (χ4v) is 3.08. The van der Waals surface area contributed by atoms with Crippen molar-refractivity contribution in [2.45, 2.75) is 6.42 Å². The van der Waals surface area contributed by atoms with Gasteiger partial charge in [0.2, 0.25) is 6.79 Å². The van der Waals surface area contributed by atoms with Gasteiger partial charge in [-0.15, -0.1) is 16.4 Å². The van der Waals surface area contributed by atoms with Gasteiger partial charge in [-0.05, 0) is 23.6 Å². The fraction of sp³-hybridized carbons (Fsp3) is 0.133. The lowest BCUT2D eigenvalue weighted by atomic mass is 10.2. The van der Waals surface area contributed by atoms with Crippen LogP contribution >= 0.6 is 11.3 Å². The monoisotopic (exact) mass is 313 g/mol. The van der Waals surface area contributed by atoms with Crippen LogP contribution in [0, 0.1) is 0 Å². The van der Waals surface area contributed by atoms with Gasteiger partial charge < -0.3 is 9.47 Å². The zero-order chi connectivity index (χ0) is 14.9. The molecular weight excluding hydrogens is 302 g/mol. The number of thiophene rings is 1. The second-order valence-electron chi connectivity index (χ2n) is 4.74. The number of carbonyl (C=O) groups is 1. The van der Waals surface area contributed by atoms with Crippen molar-refractivity contribution in [1.29, 1.82) is 0 Å². The van der Waals surface area contributed by atoms with Gasteiger partial charge in [0, 0.05) is 17.4 Å². The number of aldehydes is 1. The Bertz CT molecular complexity index is 827. The van der Waals surface area contributed by atoms with Crippen LogP contribution in [0.3, 0.4) is 0 Å². The zero-order valence-corrected chi connectivity index (χ0v) is 12.2. The Labute approximate surface area is 129 Å². The number of aromatic nitrogens is 3. The third-order valence-corrected chi connectivity index (χ3v) is 4.30. The standard InChI is InChI=1S/C15H11N3O3S/c19-8-12-13(7-11-2-1-5-22-11)18(17-16-12)10-3-4-14-15(6-10)21-9-20-14/h1-6,8H,7,9H2. The summed E-state index contributed by atoms with van der Waals surface area (Å²) in [5, 5.41) is 10.1. The highest BCUT2D eigenvalue weighted by Crippen LogP contribution is 2.34. The van der Waals surface area contributed by atoms with Crippen LogP contribution in [0.15, 0.2) is 35.7 Å². The van der Waals surface area contributed by atoms with E-state index in [1.54, 1.807) is 16.0 Å². The molecule has 1 aliphatic heterocycles. The summed E-state index contributed by atoms with van der Waals surface area (Å²) in [5.41, 5.74) is 1.90. The van der Waals surface area contributed by atoms with Crippen LogP contribution in [-0.2, 0) is 6.42 Å². The third kappa shape index (κ3) is 2.15. The minimum atomic E-state index is 0.220. The molecule has 6 nitrogen and oxygen atoms in total. The maximum atomic E-state index is 11.2. The number of hydrogen-bond donors (Lipinski definition) is 0. The van der Waals surface area contributed by atoms with Gasteiger partial charge in [0.05, 0.1) is 11.4 Å². The lowest BCUT2D eigenvalue weighted by Gasteiger charge is -2.07. The summed E-state index contributed by atoms with van der Waals surface area (Å²) in [6.45, 7) is 0.220. The van der Waals surface area contributed by atoms with Gasteiger partial charge in [-0.3, -0.25) is 4.79 Å². The van der Waals surface area contributed by atoms with Crippen LogP contribution in [0.4, 0.5) is 0 Å². The molecule has 0 fully saturated rings. The summed E-state index contributed by atoms with van der Waals surface area (Å²) >= 11 is 1.63. The molecule has 110 valence electrons. The molecule has 1 aliphatic rings. The van der Waals surface area contributed by atoms with E-state index in [9.17, 15) is 4.79 Å². The van der Waals surface area contributed by atoms with Crippen molar-refractivity contribution >= 4 is 17.6 Å². The normalized spacial score (nSPS) is 12.5. The van der Waals surface area contributed by atoms with Gasteiger partial charge in [0.15, 0.2) is 17.8 Å². The molecule has 0 saturated carbocycles. The quantitative estimate of drug-likeness (QED) is 0.692. The number of hydrogen-bond acceptors (Lipinski definition) is 6.